The van der Waals surface area contributed by atoms with Crippen LogP contribution < -0.4 is 10.9 Å². The van der Waals surface area contributed by atoms with Gasteiger partial charge >= 0.3 is 6.18 Å². The third-order valence-electron chi connectivity index (χ3n) is 6.21. The summed E-state index contributed by atoms with van der Waals surface area (Å²) >= 11 is 0. The maximum atomic E-state index is 13.4. The van der Waals surface area contributed by atoms with Gasteiger partial charge in [-0.15, -0.1) is 0 Å². The Balaban J connectivity index is 1.74. The Labute approximate surface area is 190 Å². The van der Waals surface area contributed by atoms with Crippen LogP contribution in [0.2, 0.25) is 0 Å². The Hall–Kier alpha value is -2.66. The highest BCUT2D eigenvalue weighted by atomic mass is 32.2. The van der Waals surface area contributed by atoms with Gasteiger partial charge in [-0.05, 0) is 68.9 Å². The van der Waals surface area contributed by atoms with Gasteiger partial charge in [0.15, 0.2) is 0 Å². The fourth-order valence-electron chi connectivity index (χ4n) is 4.03. The van der Waals surface area contributed by atoms with Gasteiger partial charge in [0, 0.05) is 25.2 Å². The number of piperidine rings is 1. The van der Waals surface area contributed by atoms with E-state index in [0.29, 0.717) is 23.4 Å². The van der Waals surface area contributed by atoms with E-state index in [9.17, 15) is 31.2 Å². The molecule has 1 saturated heterocycles. The van der Waals surface area contributed by atoms with E-state index in [2.05, 4.69) is 5.32 Å². The summed E-state index contributed by atoms with van der Waals surface area (Å²) in [6.45, 7) is 7.42. The number of aromatic nitrogens is 1. The molecule has 11 heteroatoms. The number of hydrogen-bond donors (Lipinski definition) is 2. The highest BCUT2D eigenvalue weighted by Gasteiger charge is 2.35. The molecule has 2 N–H and O–H groups in total. The van der Waals surface area contributed by atoms with Gasteiger partial charge in [-0.1, -0.05) is 6.07 Å². The third kappa shape index (κ3) is 4.98. The lowest BCUT2D eigenvalue weighted by atomic mass is 9.97. The van der Waals surface area contributed by atoms with Gasteiger partial charge in [0.1, 0.15) is 5.69 Å². The van der Waals surface area contributed by atoms with Crippen LogP contribution in [0.15, 0.2) is 28.0 Å². The van der Waals surface area contributed by atoms with E-state index < -0.39 is 44.8 Å². The normalized spacial score (nSPS) is 16.1. The smallest absolute Gasteiger partial charge is 0.327 e. The van der Waals surface area contributed by atoms with Crippen LogP contribution >= 0.6 is 0 Å². The number of aryl methyl sites for hydroxylation is 2. The molecule has 1 aromatic heterocycles. The summed E-state index contributed by atoms with van der Waals surface area (Å²) in [5, 5.41) is 2.26. The van der Waals surface area contributed by atoms with Gasteiger partial charge in [0.25, 0.3) is 5.56 Å². The number of anilines is 1. The predicted molar refractivity (Wildman–Crippen MR) is 118 cm³/mol. The van der Waals surface area contributed by atoms with Crippen LogP contribution in [0, 0.1) is 33.6 Å². The van der Waals surface area contributed by atoms with E-state index in [1.807, 2.05) is 24.9 Å². The number of pyridine rings is 1. The zero-order chi connectivity index (χ0) is 24.7. The fourth-order valence-corrected chi connectivity index (χ4v) is 6.08. The number of carbonyl (C=O) groups is 1. The van der Waals surface area contributed by atoms with E-state index in [1.165, 1.54) is 4.31 Å². The van der Waals surface area contributed by atoms with Crippen LogP contribution in [-0.4, -0.2) is 36.7 Å². The number of carbonyl (C=O) groups excluding carboxylic acids is 1. The zero-order valence-electron chi connectivity index (χ0n) is 18.8. The molecule has 1 aliphatic rings. The van der Waals surface area contributed by atoms with E-state index in [0.717, 1.165) is 11.1 Å². The largest absolute Gasteiger partial charge is 0.417 e. The van der Waals surface area contributed by atoms with Crippen molar-refractivity contribution in [3.8, 4) is 0 Å². The maximum absolute atomic E-state index is 13.4. The van der Waals surface area contributed by atoms with Crippen LogP contribution in [0.25, 0.3) is 0 Å². The van der Waals surface area contributed by atoms with Crippen LogP contribution in [0.5, 0.6) is 0 Å². The summed E-state index contributed by atoms with van der Waals surface area (Å²) < 4.78 is 66.7. The fraction of sp³-hybridized carbons (Fsp3) is 0.455. The molecule has 180 valence electrons. The molecule has 1 fully saturated rings. The van der Waals surface area contributed by atoms with Crippen molar-refractivity contribution in [2.75, 3.05) is 18.4 Å². The van der Waals surface area contributed by atoms with Crippen LogP contribution in [-0.2, 0) is 21.0 Å². The highest BCUT2D eigenvalue weighted by molar-refractivity contribution is 7.89. The van der Waals surface area contributed by atoms with Gasteiger partial charge < -0.3 is 10.3 Å². The first-order chi connectivity index (χ1) is 15.2. The van der Waals surface area contributed by atoms with Crippen molar-refractivity contribution in [1.29, 1.82) is 0 Å². The molecular formula is C22H26F3N3O4S. The number of amides is 1. The second-order valence-electron chi connectivity index (χ2n) is 8.39. The lowest BCUT2D eigenvalue weighted by molar-refractivity contribution is -0.137. The Morgan fingerprint density at radius 2 is 1.61 bits per heavy atom. The number of alkyl halides is 3. The summed E-state index contributed by atoms with van der Waals surface area (Å²) in [5.41, 5.74) is 0.680. The average molecular weight is 486 g/mol. The number of sulfonamides is 1. The van der Waals surface area contributed by atoms with Gasteiger partial charge in [0.05, 0.1) is 10.5 Å². The van der Waals surface area contributed by atoms with Gasteiger partial charge in [-0.25, -0.2) is 8.42 Å². The quantitative estimate of drug-likeness (QED) is 0.690. The predicted octanol–water partition coefficient (Wildman–Crippen LogP) is 3.67. The third-order valence-corrected chi connectivity index (χ3v) is 8.38. The van der Waals surface area contributed by atoms with E-state index in [-0.39, 0.29) is 30.8 Å². The van der Waals surface area contributed by atoms with Crippen molar-refractivity contribution in [3.63, 3.8) is 0 Å². The first kappa shape index (κ1) is 25.0. The molecule has 0 atom stereocenters. The van der Waals surface area contributed by atoms with Gasteiger partial charge in [-0.3, -0.25) is 9.59 Å². The lowest BCUT2D eigenvalue weighted by Crippen LogP contribution is -2.42. The number of aromatic amines is 1. The summed E-state index contributed by atoms with van der Waals surface area (Å²) in [6, 6.07) is 2.53. The summed E-state index contributed by atoms with van der Waals surface area (Å²) in [7, 11) is -3.78. The zero-order valence-corrected chi connectivity index (χ0v) is 19.6. The molecule has 1 aromatic carbocycles. The number of nitrogens with zero attached hydrogens (tertiary/aromatic N) is 1. The molecule has 33 heavy (non-hydrogen) atoms. The number of nitrogens with one attached hydrogen (secondary N) is 2. The van der Waals surface area contributed by atoms with Crippen LogP contribution in [0.1, 0.15) is 40.7 Å². The number of hydrogen-bond acceptors (Lipinski definition) is 4. The van der Waals surface area contributed by atoms with E-state index in [4.69, 9.17) is 0 Å². The van der Waals surface area contributed by atoms with E-state index >= 15 is 0 Å². The van der Waals surface area contributed by atoms with Crippen LogP contribution in [0.3, 0.4) is 0 Å². The lowest BCUT2D eigenvalue weighted by Gasteiger charge is -2.31. The van der Waals surface area contributed by atoms with Crippen LogP contribution in [0.4, 0.5) is 18.9 Å². The van der Waals surface area contributed by atoms with Crippen molar-refractivity contribution in [2.24, 2.45) is 5.92 Å². The molecule has 3 rings (SSSR count). The van der Waals surface area contributed by atoms with Crippen molar-refractivity contribution >= 4 is 21.6 Å². The molecule has 0 radical (unpaired) electrons. The first-order valence-electron chi connectivity index (χ1n) is 10.4. The molecule has 2 aromatic rings. The molecule has 0 unspecified atom stereocenters. The Kier molecular flexibility index (Phi) is 6.77. The standard InChI is InChI=1S/C22H26F3N3O4S/c1-12-9-13(2)15(4)19(14(12)3)33(31,32)28-7-5-16(6-8-28)20(29)27-18-10-17(22(23,24)25)11-26-21(18)30/h9-11,16H,5-8H2,1-4H3,(H,26,30)(H,27,29). The number of benzene rings is 1. The summed E-state index contributed by atoms with van der Waals surface area (Å²) in [6.07, 6.45) is -3.76. The molecule has 0 saturated carbocycles. The molecule has 7 nitrogen and oxygen atoms in total. The van der Waals surface area contributed by atoms with Crippen molar-refractivity contribution in [1.82, 2.24) is 9.29 Å². The molecule has 0 spiro atoms. The Morgan fingerprint density at radius 3 is 2.12 bits per heavy atom. The minimum atomic E-state index is -4.67. The first-order valence-corrected chi connectivity index (χ1v) is 11.9. The highest BCUT2D eigenvalue weighted by Crippen LogP contribution is 2.32. The number of H-pyrrole nitrogens is 1. The van der Waals surface area contributed by atoms with E-state index in [1.54, 1.807) is 13.8 Å². The Bertz CT molecular complexity index is 1220. The summed E-state index contributed by atoms with van der Waals surface area (Å²) in [4.78, 5) is 26.7. The molecule has 0 bridgehead atoms. The molecule has 0 aliphatic carbocycles. The summed E-state index contributed by atoms with van der Waals surface area (Å²) in [5.74, 6) is -1.25. The second-order valence-corrected chi connectivity index (χ2v) is 10.3. The molecule has 1 aliphatic heterocycles. The number of halogens is 3. The van der Waals surface area contributed by atoms with Crippen molar-refractivity contribution in [2.45, 2.75) is 51.6 Å². The average Bonchev–Trinajstić information content (AvgIpc) is 2.73. The topological polar surface area (TPSA) is 99.3 Å². The second kappa shape index (κ2) is 8.94. The SMILES string of the molecule is Cc1cc(C)c(C)c(S(=O)(=O)N2CCC(C(=O)Nc3cc(C(F)(F)F)c[nH]c3=O)CC2)c1C. The minimum absolute atomic E-state index is 0.0885. The minimum Gasteiger partial charge on any atom is -0.327 e. The Morgan fingerprint density at radius 1 is 1.06 bits per heavy atom. The monoisotopic (exact) mass is 485 g/mol. The maximum Gasteiger partial charge on any atom is 0.417 e. The van der Waals surface area contributed by atoms with Crippen molar-refractivity contribution < 1.29 is 26.4 Å². The number of rotatable bonds is 4. The van der Waals surface area contributed by atoms with Crippen molar-refractivity contribution in [3.05, 3.63) is 56.5 Å². The molecule has 1 amide bonds. The van der Waals surface area contributed by atoms with Gasteiger partial charge in [-0.2, -0.15) is 17.5 Å². The molecule has 2 heterocycles. The van der Waals surface area contributed by atoms with Gasteiger partial charge in [0.2, 0.25) is 15.9 Å². The molecular weight excluding hydrogens is 459 g/mol.